The number of ether oxygens (including phenoxy) is 2. The molecule has 0 saturated heterocycles. The summed E-state index contributed by atoms with van der Waals surface area (Å²) in [5.74, 6) is 1.69. The lowest BCUT2D eigenvalue weighted by Gasteiger charge is -2.06. The van der Waals surface area contributed by atoms with Gasteiger partial charge in [-0.25, -0.2) is 0 Å². The second-order valence-electron chi connectivity index (χ2n) is 5.24. The number of methoxy groups -OCH3 is 2. The van der Waals surface area contributed by atoms with Crippen LogP contribution in [0.25, 0.3) is 22.5 Å². The Morgan fingerprint density at radius 2 is 1.35 bits per heavy atom. The molecule has 0 unspecified atom stereocenters. The fraction of sp³-hybridized carbons (Fsp3) is 0.211. The average molecular weight is 308 g/mol. The van der Waals surface area contributed by atoms with Crippen LogP contribution in [-0.4, -0.2) is 24.4 Å². The van der Waals surface area contributed by atoms with Gasteiger partial charge in [-0.05, 0) is 55.0 Å². The predicted molar refractivity (Wildman–Crippen MR) is 91.9 cm³/mol. The van der Waals surface area contributed by atoms with Gasteiger partial charge in [-0.2, -0.15) is 5.10 Å². The summed E-state index contributed by atoms with van der Waals surface area (Å²) in [5.41, 5.74) is 5.44. The van der Waals surface area contributed by atoms with Gasteiger partial charge >= 0.3 is 0 Å². The van der Waals surface area contributed by atoms with Crippen molar-refractivity contribution in [3.05, 3.63) is 54.1 Å². The van der Waals surface area contributed by atoms with Gasteiger partial charge in [0, 0.05) is 16.7 Å². The Kier molecular flexibility index (Phi) is 4.33. The average Bonchev–Trinajstić information content (AvgIpc) is 3.05. The Morgan fingerprint density at radius 3 is 1.83 bits per heavy atom. The lowest BCUT2D eigenvalue weighted by molar-refractivity contribution is 0.415. The molecule has 3 rings (SSSR count). The van der Waals surface area contributed by atoms with Crippen molar-refractivity contribution >= 4 is 0 Å². The van der Waals surface area contributed by atoms with Crippen molar-refractivity contribution in [1.29, 1.82) is 0 Å². The third-order valence-corrected chi connectivity index (χ3v) is 3.96. The number of hydrogen-bond acceptors (Lipinski definition) is 3. The molecule has 3 aromatic rings. The van der Waals surface area contributed by atoms with Crippen molar-refractivity contribution in [3.63, 3.8) is 0 Å². The third-order valence-electron chi connectivity index (χ3n) is 3.96. The van der Waals surface area contributed by atoms with Gasteiger partial charge in [0.15, 0.2) is 0 Å². The Morgan fingerprint density at radius 1 is 0.826 bits per heavy atom. The van der Waals surface area contributed by atoms with Gasteiger partial charge in [-0.1, -0.05) is 6.92 Å². The lowest BCUT2D eigenvalue weighted by atomic mass is 10.00. The van der Waals surface area contributed by atoms with Crippen LogP contribution in [0.3, 0.4) is 0 Å². The van der Waals surface area contributed by atoms with Crippen LogP contribution >= 0.6 is 0 Å². The second-order valence-corrected chi connectivity index (χ2v) is 5.24. The van der Waals surface area contributed by atoms with Crippen molar-refractivity contribution in [2.45, 2.75) is 13.3 Å². The number of nitrogens with one attached hydrogen (secondary N) is 1. The number of hydrogen-bond donors (Lipinski definition) is 1. The summed E-state index contributed by atoms with van der Waals surface area (Å²) in [6.45, 7) is 2.14. The van der Waals surface area contributed by atoms with Crippen molar-refractivity contribution in [3.8, 4) is 34.0 Å². The summed E-state index contributed by atoms with van der Waals surface area (Å²) >= 11 is 0. The molecule has 2 aromatic carbocycles. The minimum absolute atomic E-state index is 0.845. The van der Waals surface area contributed by atoms with E-state index in [0.29, 0.717) is 0 Å². The Hall–Kier alpha value is -2.75. The summed E-state index contributed by atoms with van der Waals surface area (Å²) in [6.07, 6.45) is 0.902. The van der Waals surface area contributed by atoms with E-state index in [2.05, 4.69) is 17.1 Å². The maximum absolute atomic E-state index is 5.22. The largest absolute Gasteiger partial charge is 0.497 e. The van der Waals surface area contributed by atoms with Gasteiger partial charge in [0.2, 0.25) is 0 Å². The maximum Gasteiger partial charge on any atom is 0.118 e. The van der Waals surface area contributed by atoms with Crippen molar-refractivity contribution in [1.82, 2.24) is 10.2 Å². The van der Waals surface area contributed by atoms with Gasteiger partial charge in [0.25, 0.3) is 0 Å². The normalized spacial score (nSPS) is 10.6. The standard InChI is InChI=1S/C19H20N2O2/c1-4-17-18(13-5-9-15(22-2)10-6-13)20-21-19(17)14-7-11-16(23-3)12-8-14/h5-12H,4H2,1-3H3,(H,20,21). The molecule has 1 heterocycles. The van der Waals surface area contributed by atoms with Crippen LogP contribution in [0.5, 0.6) is 11.5 Å². The van der Waals surface area contributed by atoms with Crippen LogP contribution in [0.1, 0.15) is 12.5 Å². The fourth-order valence-corrected chi connectivity index (χ4v) is 2.69. The molecule has 0 aliphatic carbocycles. The molecule has 0 amide bonds. The van der Waals surface area contributed by atoms with Gasteiger partial charge in [0.05, 0.1) is 25.6 Å². The molecule has 1 N–H and O–H groups in total. The summed E-state index contributed by atoms with van der Waals surface area (Å²) in [7, 11) is 3.34. The molecular weight excluding hydrogens is 288 g/mol. The Labute approximate surface area is 136 Å². The van der Waals surface area contributed by atoms with Gasteiger partial charge in [-0.15, -0.1) is 0 Å². The van der Waals surface area contributed by atoms with E-state index in [0.717, 1.165) is 40.4 Å². The summed E-state index contributed by atoms with van der Waals surface area (Å²) in [5, 5.41) is 7.72. The highest BCUT2D eigenvalue weighted by atomic mass is 16.5. The Balaban J connectivity index is 2.01. The predicted octanol–water partition coefficient (Wildman–Crippen LogP) is 4.32. The molecule has 0 saturated carbocycles. The molecule has 23 heavy (non-hydrogen) atoms. The molecular formula is C19H20N2O2. The van der Waals surface area contributed by atoms with Crippen LogP contribution in [0, 0.1) is 0 Å². The minimum Gasteiger partial charge on any atom is -0.497 e. The topological polar surface area (TPSA) is 47.1 Å². The summed E-state index contributed by atoms with van der Waals surface area (Å²) < 4.78 is 10.4. The van der Waals surface area contributed by atoms with Gasteiger partial charge in [-0.3, -0.25) is 5.10 Å². The molecule has 118 valence electrons. The number of nitrogens with zero attached hydrogens (tertiary/aromatic N) is 1. The fourth-order valence-electron chi connectivity index (χ4n) is 2.69. The molecule has 4 nitrogen and oxygen atoms in total. The zero-order chi connectivity index (χ0) is 16.2. The van der Waals surface area contributed by atoms with Crippen LogP contribution in [0.15, 0.2) is 48.5 Å². The second kappa shape index (κ2) is 6.57. The molecule has 0 bridgehead atoms. The van der Waals surface area contributed by atoms with Gasteiger partial charge < -0.3 is 9.47 Å². The smallest absolute Gasteiger partial charge is 0.118 e. The maximum atomic E-state index is 5.22. The first kappa shape index (κ1) is 15.2. The molecule has 0 spiro atoms. The zero-order valence-electron chi connectivity index (χ0n) is 13.6. The van der Waals surface area contributed by atoms with E-state index in [-0.39, 0.29) is 0 Å². The van der Waals surface area contributed by atoms with Crippen molar-refractivity contribution < 1.29 is 9.47 Å². The number of rotatable bonds is 5. The van der Waals surface area contributed by atoms with Crippen LogP contribution in [0.2, 0.25) is 0 Å². The van der Waals surface area contributed by atoms with Crippen LogP contribution < -0.4 is 9.47 Å². The highest BCUT2D eigenvalue weighted by molar-refractivity contribution is 5.74. The van der Waals surface area contributed by atoms with Crippen molar-refractivity contribution in [2.24, 2.45) is 0 Å². The van der Waals surface area contributed by atoms with Gasteiger partial charge in [0.1, 0.15) is 11.5 Å². The first-order valence-corrected chi connectivity index (χ1v) is 7.63. The molecule has 1 aromatic heterocycles. The van der Waals surface area contributed by atoms with Crippen LogP contribution in [0.4, 0.5) is 0 Å². The van der Waals surface area contributed by atoms with E-state index in [9.17, 15) is 0 Å². The number of aromatic amines is 1. The van der Waals surface area contributed by atoms with E-state index >= 15 is 0 Å². The quantitative estimate of drug-likeness (QED) is 0.763. The number of H-pyrrole nitrogens is 1. The first-order chi connectivity index (χ1) is 11.3. The molecule has 0 atom stereocenters. The van der Waals surface area contributed by atoms with Crippen molar-refractivity contribution in [2.75, 3.05) is 14.2 Å². The summed E-state index contributed by atoms with van der Waals surface area (Å²) in [6, 6.07) is 16.0. The van der Waals surface area contributed by atoms with E-state index in [1.807, 2.05) is 48.5 Å². The van der Waals surface area contributed by atoms with E-state index < -0.39 is 0 Å². The minimum atomic E-state index is 0.845. The zero-order valence-corrected chi connectivity index (χ0v) is 13.6. The summed E-state index contributed by atoms with van der Waals surface area (Å²) in [4.78, 5) is 0. The first-order valence-electron chi connectivity index (χ1n) is 7.63. The monoisotopic (exact) mass is 308 g/mol. The SMILES string of the molecule is CCc1c(-c2ccc(OC)cc2)n[nH]c1-c1ccc(OC)cc1. The highest BCUT2D eigenvalue weighted by Gasteiger charge is 2.14. The highest BCUT2D eigenvalue weighted by Crippen LogP contribution is 2.32. The van der Waals surface area contributed by atoms with Crippen LogP contribution in [-0.2, 0) is 6.42 Å². The third kappa shape index (κ3) is 2.93. The Bertz CT molecular complexity index is 709. The number of aromatic nitrogens is 2. The molecule has 0 fully saturated rings. The molecule has 4 heteroatoms. The molecule has 0 aliphatic rings. The van der Waals surface area contributed by atoms with E-state index in [1.54, 1.807) is 14.2 Å². The number of benzene rings is 2. The van der Waals surface area contributed by atoms with E-state index in [1.165, 1.54) is 5.56 Å². The lowest BCUT2D eigenvalue weighted by Crippen LogP contribution is -1.89. The molecule has 0 aliphatic heterocycles. The van der Waals surface area contributed by atoms with E-state index in [4.69, 9.17) is 9.47 Å². The molecule has 0 radical (unpaired) electrons.